The predicted molar refractivity (Wildman–Crippen MR) is 89.5 cm³/mol. The summed E-state index contributed by atoms with van der Waals surface area (Å²) in [7, 11) is -5.72. The lowest BCUT2D eigenvalue weighted by molar-refractivity contribution is 0.425. The van der Waals surface area contributed by atoms with Crippen LogP contribution in [-0.4, -0.2) is 25.6 Å². The molecule has 3 rings (SSSR count). The quantitative estimate of drug-likeness (QED) is 0.717. The molecule has 0 spiro atoms. The van der Waals surface area contributed by atoms with E-state index in [0.29, 0.717) is 11.1 Å². The second kappa shape index (κ2) is 5.81. The van der Waals surface area contributed by atoms with E-state index in [1.54, 1.807) is 42.5 Å². The van der Waals surface area contributed by atoms with Gasteiger partial charge < -0.3 is 10.0 Å². The molecule has 2 aliphatic rings. The minimum atomic E-state index is -3.86. The van der Waals surface area contributed by atoms with Gasteiger partial charge in [0, 0.05) is 11.0 Å². The summed E-state index contributed by atoms with van der Waals surface area (Å²) >= 11 is 0. The van der Waals surface area contributed by atoms with E-state index in [-0.39, 0.29) is 15.3 Å². The van der Waals surface area contributed by atoms with E-state index in [1.807, 2.05) is 6.92 Å². The van der Waals surface area contributed by atoms with Crippen molar-refractivity contribution in [2.75, 3.05) is 0 Å². The summed E-state index contributed by atoms with van der Waals surface area (Å²) in [5.74, 6) is 0. The van der Waals surface area contributed by atoms with Crippen LogP contribution in [0.1, 0.15) is 5.56 Å². The molecule has 0 aromatic heterocycles. The van der Waals surface area contributed by atoms with E-state index in [4.69, 9.17) is 0 Å². The smallest absolute Gasteiger partial charge is 0.423 e. The van der Waals surface area contributed by atoms with Crippen LogP contribution in [-0.2, 0) is 9.84 Å². The van der Waals surface area contributed by atoms with Gasteiger partial charge in [-0.1, -0.05) is 54.1 Å². The SMILES string of the molecule is Cc1ccc(S(=O)(=O)c2c(B(O)O)cc3cccccc2-3)cc1. The summed E-state index contributed by atoms with van der Waals surface area (Å²) in [6.07, 6.45) is 0. The second-order valence-electron chi connectivity index (χ2n) is 5.40. The zero-order chi connectivity index (χ0) is 16.6. The van der Waals surface area contributed by atoms with E-state index >= 15 is 0 Å². The molecule has 0 atom stereocenters. The van der Waals surface area contributed by atoms with Gasteiger partial charge in [-0.3, -0.25) is 0 Å². The maximum atomic E-state index is 13.0. The first-order valence-electron chi connectivity index (χ1n) is 7.11. The highest BCUT2D eigenvalue weighted by Crippen LogP contribution is 2.33. The minimum Gasteiger partial charge on any atom is -0.423 e. The topological polar surface area (TPSA) is 74.6 Å². The highest BCUT2D eigenvalue weighted by Gasteiger charge is 2.32. The van der Waals surface area contributed by atoms with Crippen LogP contribution in [0.3, 0.4) is 0 Å². The lowest BCUT2D eigenvalue weighted by Gasteiger charge is -2.08. The summed E-state index contributed by atoms with van der Waals surface area (Å²) in [6, 6.07) is 16.7. The Morgan fingerprint density at radius 3 is 2.22 bits per heavy atom. The fourth-order valence-electron chi connectivity index (χ4n) is 2.61. The summed E-state index contributed by atoms with van der Waals surface area (Å²) < 4.78 is 26.1. The van der Waals surface area contributed by atoms with E-state index in [9.17, 15) is 18.5 Å². The molecule has 0 bridgehead atoms. The number of benzene rings is 1. The van der Waals surface area contributed by atoms with E-state index in [2.05, 4.69) is 0 Å². The molecule has 2 N–H and O–H groups in total. The largest absolute Gasteiger partial charge is 0.489 e. The summed E-state index contributed by atoms with van der Waals surface area (Å²) in [5.41, 5.74) is 2.05. The van der Waals surface area contributed by atoms with Gasteiger partial charge in [0.1, 0.15) is 0 Å². The Balaban J connectivity index is 2.31. The standard InChI is InChI=1S/C17H15BO4S/c1-12-7-9-14(10-8-12)23(21,22)17-15-6-4-2-3-5-13(15)11-16(17)18(19)20/h2-11,19-20H,1H3. The molecule has 0 heterocycles. The lowest BCUT2D eigenvalue weighted by Crippen LogP contribution is -2.32. The van der Waals surface area contributed by atoms with Crippen molar-refractivity contribution in [1.29, 1.82) is 0 Å². The molecule has 0 unspecified atom stereocenters. The average Bonchev–Trinajstić information content (AvgIpc) is 2.73. The van der Waals surface area contributed by atoms with Crippen LogP contribution in [0.25, 0.3) is 11.1 Å². The third kappa shape index (κ3) is 2.76. The fraction of sp³-hybridized carbons (Fsp3) is 0.0588. The zero-order valence-corrected chi connectivity index (χ0v) is 13.3. The van der Waals surface area contributed by atoms with Crippen LogP contribution in [0.15, 0.2) is 70.5 Å². The normalized spacial score (nSPS) is 11.6. The zero-order valence-electron chi connectivity index (χ0n) is 12.5. The second-order valence-corrected chi connectivity index (χ2v) is 7.29. The number of hydrogen-bond acceptors (Lipinski definition) is 4. The fourth-order valence-corrected chi connectivity index (χ4v) is 4.29. The Labute approximate surface area is 135 Å². The number of aryl methyl sites for hydroxylation is 1. The van der Waals surface area contributed by atoms with Crippen LogP contribution in [0, 0.1) is 6.92 Å². The van der Waals surface area contributed by atoms with Gasteiger partial charge in [0.25, 0.3) is 0 Å². The van der Waals surface area contributed by atoms with E-state index < -0.39 is 17.0 Å². The molecule has 6 heteroatoms. The van der Waals surface area contributed by atoms with E-state index in [0.717, 1.165) is 5.56 Å². The molecule has 23 heavy (non-hydrogen) atoms. The van der Waals surface area contributed by atoms with Crippen molar-refractivity contribution in [2.24, 2.45) is 0 Å². The molecule has 0 fully saturated rings. The monoisotopic (exact) mass is 326 g/mol. The first-order chi connectivity index (χ1) is 10.9. The van der Waals surface area contributed by atoms with Gasteiger partial charge in [-0.05, 0) is 24.6 Å². The van der Waals surface area contributed by atoms with Crippen LogP contribution in [0.5, 0.6) is 0 Å². The summed E-state index contributed by atoms with van der Waals surface area (Å²) in [4.78, 5) is 0.0755. The Hall–Kier alpha value is -2.15. The highest BCUT2D eigenvalue weighted by atomic mass is 32.2. The summed E-state index contributed by atoms with van der Waals surface area (Å²) in [6.45, 7) is 1.87. The molecule has 2 aliphatic carbocycles. The number of rotatable bonds is 3. The Bertz CT molecular complexity index is 918. The number of hydrogen-bond donors (Lipinski definition) is 2. The molecule has 4 nitrogen and oxygen atoms in total. The Kier molecular flexibility index (Phi) is 3.98. The van der Waals surface area contributed by atoms with Crippen LogP contribution >= 0.6 is 0 Å². The average molecular weight is 326 g/mol. The number of sulfone groups is 1. The van der Waals surface area contributed by atoms with Crippen molar-refractivity contribution < 1.29 is 18.5 Å². The third-order valence-corrected chi connectivity index (χ3v) is 5.65. The van der Waals surface area contributed by atoms with Gasteiger partial charge in [0.05, 0.1) is 9.79 Å². The van der Waals surface area contributed by atoms with E-state index in [1.165, 1.54) is 18.2 Å². The van der Waals surface area contributed by atoms with Crippen molar-refractivity contribution in [1.82, 2.24) is 0 Å². The molecule has 0 aliphatic heterocycles. The van der Waals surface area contributed by atoms with Gasteiger partial charge in [-0.25, -0.2) is 8.42 Å². The molecular formula is C17H15BO4S. The van der Waals surface area contributed by atoms with Crippen LogP contribution in [0.2, 0.25) is 0 Å². The van der Waals surface area contributed by atoms with Crippen LogP contribution < -0.4 is 5.46 Å². The number of fused-ring (bicyclic) bond motifs is 1. The summed E-state index contributed by atoms with van der Waals surface area (Å²) in [5, 5.41) is 19.2. The predicted octanol–water partition coefficient (Wildman–Crippen LogP) is 1.61. The lowest BCUT2D eigenvalue weighted by atomic mass is 9.82. The molecule has 1 aromatic rings. The van der Waals surface area contributed by atoms with Gasteiger partial charge in [0.15, 0.2) is 0 Å². The first-order valence-corrected chi connectivity index (χ1v) is 8.59. The van der Waals surface area contributed by atoms with Gasteiger partial charge in [-0.15, -0.1) is 0 Å². The molecule has 0 saturated heterocycles. The van der Waals surface area contributed by atoms with Crippen molar-refractivity contribution in [3.05, 3.63) is 66.2 Å². The van der Waals surface area contributed by atoms with Crippen molar-refractivity contribution in [2.45, 2.75) is 16.7 Å². The third-order valence-electron chi connectivity index (χ3n) is 3.77. The van der Waals surface area contributed by atoms with Crippen molar-refractivity contribution >= 4 is 22.4 Å². The molecule has 116 valence electrons. The van der Waals surface area contributed by atoms with Gasteiger partial charge in [-0.2, -0.15) is 0 Å². The maximum absolute atomic E-state index is 13.0. The highest BCUT2D eigenvalue weighted by molar-refractivity contribution is 7.92. The molecule has 0 amide bonds. The van der Waals surface area contributed by atoms with Crippen molar-refractivity contribution in [3.63, 3.8) is 0 Å². The van der Waals surface area contributed by atoms with Crippen molar-refractivity contribution in [3.8, 4) is 11.1 Å². The first kappa shape index (κ1) is 15.7. The molecular weight excluding hydrogens is 311 g/mol. The Morgan fingerprint density at radius 1 is 0.913 bits per heavy atom. The molecule has 1 aromatic carbocycles. The maximum Gasteiger partial charge on any atom is 0.489 e. The van der Waals surface area contributed by atoms with Crippen LogP contribution in [0.4, 0.5) is 0 Å². The van der Waals surface area contributed by atoms with Gasteiger partial charge >= 0.3 is 7.12 Å². The molecule has 0 radical (unpaired) electrons. The minimum absolute atomic E-state index is 0.00762. The Morgan fingerprint density at radius 2 is 1.57 bits per heavy atom. The van der Waals surface area contributed by atoms with Gasteiger partial charge in [0.2, 0.25) is 9.84 Å². The molecule has 0 saturated carbocycles.